The Balaban J connectivity index is 1.23. The number of ether oxygens (including phenoxy) is 1. The smallest absolute Gasteiger partial charge is 0.407 e. The zero-order chi connectivity index (χ0) is 47.4. The third kappa shape index (κ3) is 12.7. The van der Waals surface area contributed by atoms with Crippen LogP contribution < -0.4 is 32.3 Å². The van der Waals surface area contributed by atoms with Crippen LogP contribution in [-0.2, 0) is 43.1 Å². The number of carbonyl (C=O) groups excluding carboxylic acids is 6. The van der Waals surface area contributed by atoms with E-state index < -0.39 is 109 Å². The first-order valence-electron chi connectivity index (χ1n) is 21.3. The Bertz CT molecular complexity index is 2120. The van der Waals surface area contributed by atoms with Crippen LogP contribution in [0.25, 0.3) is 11.1 Å². The van der Waals surface area contributed by atoms with Crippen molar-refractivity contribution in [2.45, 2.75) is 107 Å². The van der Waals surface area contributed by atoms with Crippen molar-refractivity contribution in [3.8, 4) is 11.1 Å². The number of carboxylic acid groups (broad SMARTS) is 3. The molecule has 6 amide bonds. The van der Waals surface area contributed by atoms with E-state index in [2.05, 4.69) is 26.6 Å². The number of amides is 6. The van der Waals surface area contributed by atoms with Gasteiger partial charge in [-0.1, -0.05) is 48.5 Å². The second-order valence-electron chi connectivity index (χ2n) is 16.1. The number of nitrogens with two attached hydrogens (primary N) is 1. The summed E-state index contributed by atoms with van der Waals surface area (Å²) in [7, 11) is 0. The largest absolute Gasteiger partial charge is 0.481 e. The van der Waals surface area contributed by atoms with Gasteiger partial charge in [0.2, 0.25) is 29.5 Å². The van der Waals surface area contributed by atoms with Gasteiger partial charge in [0.05, 0.1) is 6.42 Å². The highest BCUT2D eigenvalue weighted by molar-refractivity contribution is 5.98. The quantitative estimate of drug-likeness (QED) is 0.0449. The van der Waals surface area contributed by atoms with Gasteiger partial charge in [0.25, 0.3) is 0 Å². The van der Waals surface area contributed by atoms with Crippen molar-refractivity contribution in [2.24, 2.45) is 5.73 Å². The third-order valence-corrected chi connectivity index (χ3v) is 11.6. The summed E-state index contributed by atoms with van der Waals surface area (Å²) in [6, 6.07) is 7.07. The molecular weight excluding hydrogens is 851 g/mol. The predicted molar refractivity (Wildman–Crippen MR) is 229 cm³/mol. The van der Waals surface area contributed by atoms with Gasteiger partial charge in [0.15, 0.2) is 5.96 Å². The van der Waals surface area contributed by atoms with Crippen LogP contribution in [0.3, 0.4) is 0 Å². The lowest BCUT2D eigenvalue weighted by molar-refractivity contribution is -0.150. The second kappa shape index (κ2) is 22.4. The van der Waals surface area contributed by atoms with E-state index in [-0.39, 0.29) is 70.2 Å². The van der Waals surface area contributed by atoms with E-state index in [1.165, 1.54) is 11.8 Å². The molecule has 22 heteroatoms. The summed E-state index contributed by atoms with van der Waals surface area (Å²) in [5.74, 6) is -9.11. The maximum atomic E-state index is 14.0. The Labute approximate surface area is 373 Å². The molecule has 2 aliphatic heterocycles. The number of carbonyl (C=O) groups is 9. The number of alkyl carbamates (subject to hydrolysis) is 1. The summed E-state index contributed by atoms with van der Waals surface area (Å²) in [5, 5.41) is 48.5. The van der Waals surface area contributed by atoms with Gasteiger partial charge in [-0.05, 0) is 74.1 Å². The zero-order valence-corrected chi connectivity index (χ0v) is 35.7. The molecule has 0 bridgehead atoms. The number of rotatable bonds is 21. The van der Waals surface area contributed by atoms with Crippen LogP contribution in [0.15, 0.2) is 48.5 Å². The molecule has 0 saturated carbocycles. The Morgan fingerprint density at radius 1 is 0.738 bits per heavy atom. The SMILES string of the molecule is C[C@H](NC(=O)OCC1c2ccccc2-c2ccccc21)C(=O)N[C@@H](CCC(=O)O)C(=O)N[C@@H](CC(=O)O)C(=O)N1CCC[C@H]1C(=O)N[C@@H](CCCNC(=N)N)C(=O)N1CCC[C@H]1C(=O)O. The van der Waals surface area contributed by atoms with Crippen LogP contribution >= 0.6 is 0 Å². The van der Waals surface area contributed by atoms with Crippen LogP contribution in [0.4, 0.5) is 4.79 Å². The van der Waals surface area contributed by atoms with Gasteiger partial charge in [-0.25, -0.2) is 9.59 Å². The maximum absolute atomic E-state index is 14.0. The fourth-order valence-corrected chi connectivity index (χ4v) is 8.41. The highest BCUT2D eigenvalue weighted by atomic mass is 16.5. The van der Waals surface area contributed by atoms with Crippen molar-refractivity contribution >= 4 is 59.5 Å². The van der Waals surface area contributed by atoms with E-state index >= 15 is 0 Å². The minimum Gasteiger partial charge on any atom is -0.481 e. The molecule has 0 aromatic heterocycles. The average Bonchev–Trinajstić information content (AvgIpc) is 4.03. The number of hydrogen-bond donors (Lipinski definition) is 10. The highest BCUT2D eigenvalue weighted by Crippen LogP contribution is 2.44. The van der Waals surface area contributed by atoms with Gasteiger partial charge in [-0.15, -0.1) is 0 Å². The van der Waals surface area contributed by atoms with Crippen molar-refractivity contribution in [1.29, 1.82) is 5.41 Å². The normalized spacial score (nSPS) is 18.2. The summed E-state index contributed by atoms with van der Waals surface area (Å²) in [5.41, 5.74) is 9.29. The Kier molecular flexibility index (Phi) is 16.8. The number of nitrogens with zero attached hydrogens (tertiary/aromatic N) is 2. The number of carboxylic acids is 3. The van der Waals surface area contributed by atoms with E-state index in [1.807, 2.05) is 48.5 Å². The van der Waals surface area contributed by atoms with Crippen molar-refractivity contribution < 1.29 is 63.2 Å². The second-order valence-corrected chi connectivity index (χ2v) is 16.1. The van der Waals surface area contributed by atoms with Crippen LogP contribution in [0.1, 0.15) is 81.8 Å². The van der Waals surface area contributed by atoms with Gasteiger partial charge < -0.3 is 62.2 Å². The van der Waals surface area contributed by atoms with Crippen molar-refractivity contribution in [3.63, 3.8) is 0 Å². The molecule has 1 aliphatic carbocycles. The molecule has 65 heavy (non-hydrogen) atoms. The number of guanidine groups is 1. The topological polar surface area (TPSA) is 340 Å². The Morgan fingerprint density at radius 2 is 1.31 bits per heavy atom. The molecule has 5 rings (SSSR count). The van der Waals surface area contributed by atoms with Crippen molar-refractivity contribution in [3.05, 3.63) is 59.7 Å². The third-order valence-electron chi connectivity index (χ3n) is 11.6. The first kappa shape index (κ1) is 48.8. The summed E-state index contributed by atoms with van der Waals surface area (Å²) < 4.78 is 5.51. The average molecular weight is 906 g/mol. The summed E-state index contributed by atoms with van der Waals surface area (Å²) in [6.45, 7) is 1.50. The van der Waals surface area contributed by atoms with Gasteiger partial charge in [-0.2, -0.15) is 0 Å². The first-order valence-corrected chi connectivity index (χ1v) is 21.3. The fraction of sp³-hybridized carbons (Fsp3) is 0.488. The van der Waals surface area contributed by atoms with Gasteiger partial charge in [-0.3, -0.25) is 39.0 Å². The zero-order valence-electron chi connectivity index (χ0n) is 35.7. The molecule has 3 aliphatic rings. The molecular formula is C43H55N9O13. The predicted octanol–water partition coefficient (Wildman–Crippen LogP) is 0.0374. The molecule has 2 heterocycles. The minimum absolute atomic E-state index is 0.00926. The lowest BCUT2D eigenvalue weighted by Gasteiger charge is -2.31. The standard InChI is InChI=1S/C43H55N9O13/c1-23(47-43(64)65-22-28-26-11-4-2-9-24(26)25-10-3-5-12-27(25)28)36(57)48-29(16-17-34(53)54)37(58)50-31(21-35(55)56)40(61)51-19-7-14-32(51)38(59)49-30(13-6-18-46-42(44)45)39(60)52-20-8-15-33(52)41(62)63/h2-5,9-12,23,28-33H,6-8,13-22H2,1H3,(H,47,64)(H,48,57)(H,49,59)(H,50,58)(H,53,54)(H,55,56)(H,62,63)(H4,44,45,46)/t23-,29-,30-,31-,32-,33-/m0/s1. The molecule has 2 saturated heterocycles. The van der Waals surface area contributed by atoms with Crippen molar-refractivity contribution in [1.82, 2.24) is 36.4 Å². The van der Waals surface area contributed by atoms with E-state index in [0.717, 1.165) is 27.2 Å². The van der Waals surface area contributed by atoms with E-state index in [1.54, 1.807) is 0 Å². The lowest BCUT2D eigenvalue weighted by Crippen LogP contribution is -2.59. The Hall–Kier alpha value is -7.26. The summed E-state index contributed by atoms with van der Waals surface area (Å²) >= 11 is 0. The molecule has 0 radical (unpaired) electrons. The Morgan fingerprint density at radius 3 is 1.89 bits per heavy atom. The molecule has 0 unspecified atom stereocenters. The van der Waals surface area contributed by atoms with Crippen molar-refractivity contribution in [2.75, 3.05) is 26.2 Å². The number of likely N-dealkylation sites (tertiary alicyclic amines) is 2. The number of fused-ring (bicyclic) bond motifs is 3. The lowest BCUT2D eigenvalue weighted by atomic mass is 9.98. The van der Waals surface area contributed by atoms with Gasteiger partial charge >= 0.3 is 24.0 Å². The number of hydrogen-bond acceptors (Lipinski definition) is 11. The number of benzene rings is 2. The maximum Gasteiger partial charge on any atom is 0.407 e. The fourth-order valence-electron chi connectivity index (χ4n) is 8.41. The molecule has 22 nitrogen and oxygen atoms in total. The van der Waals surface area contributed by atoms with Gasteiger partial charge in [0.1, 0.15) is 42.9 Å². The molecule has 2 aromatic carbocycles. The molecule has 350 valence electrons. The van der Waals surface area contributed by atoms with E-state index in [4.69, 9.17) is 15.9 Å². The highest BCUT2D eigenvalue weighted by Gasteiger charge is 2.42. The van der Waals surface area contributed by atoms with E-state index in [0.29, 0.717) is 6.42 Å². The molecule has 11 N–H and O–H groups in total. The van der Waals surface area contributed by atoms with Crippen LogP contribution in [0.2, 0.25) is 0 Å². The van der Waals surface area contributed by atoms with Crippen LogP contribution in [-0.4, -0.2) is 147 Å². The monoisotopic (exact) mass is 905 g/mol. The molecule has 6 atom stereocenters. The molecule has 0 spiro atoms. The first-order chi connectivity index (χ1) is 31.0. The molecule has 2 fully saturated rings. The molecule has 2 aromatic rings. The van der Waals surface area contributed by atoms with Gasteiger partial charge in [0, 0.05) is 32.0 Å². The summed E-state index contributed by atoms with van der Waals surface area (Å²) in [6.07, 6.45) is -1.80. The number of nitrogens with one attached hydrogen (secondary N) is 6. The van der Waals surface area contributed by atoms with Crippen LogP contribution in [0, 0.1) is 5.41 Å². The van der Waals surface area contributed by atoms with E-state index in [9.17, 15) is 58.5 Å². The summed E-state index contributed by atoms with van der Waals surface area (Å²) in [4.78, 5) is 119. The van der Waals surface area contributed by atoms with Crippen LogP contribution in [0.5, 0.6) is 0 Å². The minimum atomic E-state index is -1.80. The number of aliphatic carboxylic acids is 3.